The highest BCUT2D eigenvalue weighted by Gasteiger charge is 2.26. The number of nitrogens with one attached hydrogen (secondary N) is 1. The molecule has 2 aliphatic rings. The third-order valence-corrected chi connectivity index (χ3v) is 7.28. The predicted molar refractivity (Wildman–Crippen MR) is 120 cm³/mol. The van der Waals surface area contributed by atoms with E-state index in [4.69, 9.17) is 0 Å². The Balaban J connectivity index is 1.35. The molecule has 0 spiro atoms. The van der Waals surface area contributed by atoms with Gasteiger partial charge in [-0.05, 0) is 61.9 Å². The summed E-state index contributed by atoms with van der Waals surface area (Å²) in [5.74, 6) is 0.790. The first-order chi connectivity index (χ1) is 14.2. The van der Waals surface area contributed by atoms with Crippen LogP contribution in [0, 0.1) is 6.92 Å². The lowest BCUT2D eigenvalue weighted by molar-refractivity contribution is -0.930. The van der Waals surface area contributed by atoms with Crippen LogP contribution in [0.2, 0.25) is 0 Å². The van der Waals surface area contributed by atoms with Gasteiger partial charge < -0.3 is 9.80 Å². The zero-order chi connectivity index (χ0) is 20.2. The molecule has 0 amide bonds. The van der Waals surface area contributed by atoms with E-state index in [1.165, 1.54) is 43.4 Å². The maximum Gasteiger partial charge on any atom is 0.150 e. The molecule has 0 aromatic heterocycles. The summed E-state index contributed by atoms with van der Waals surface area (Å²) in [6.45, 7) is 8.84. The summed E-state index contributed by atoms with van der Waals surface area (Å²) >= 11 is 0. The van der Waals surface area contributed by atoms with E-state index >= 15 is 0 Å². The molecule has 1 N–H and O–H groups in total. The molecule has 1 aliphatic carbocycles. The van der Waals surface area contributed by atoms with Crippen LogP contribution in [-0.4, -0.2) is 32.5 Å². The number of rotatable bonds is 5. The number of piperazine rings is 1. The summed E-state index contributed by atoms with van der Waals surface area (Å²) in [6.07, 6.45) is 7.90. The van der Waals surface area contributed by atoms with E-state index in [1.807, 2.05) is 13.0 Å². The van der Waals surface area contributed by atoms with Gasteiger partial charge in [0, 0.05) is 16.8 Å². The molecule has 1 heterocycles. The normalized spacial score (nSPS) is 19.9. The van der Waals surface area contributed by atoms with Crippen LogP contribution in [0.25, 0.3) is 0 Å². The fourth-order valence-corrected chi connectivity index (χ4v) is 5.20. The van der Waals surface area contributed by atoms with Crippen LogP contribution in [0.3, 0.4) is 0 Å². The third kappa shape index (κ3) is 4.56. The quantitative estimate of drug-likeness (QED) is 0.768. The van der Waals surface area contributed by atoms with E-state index in [0.717, 1.165) is 49.5 Å². The lowest BCUT2D eigenvalue weighted by Crippen LogP contribution is -3.14. The maximum atomic E-state index is 11.1. The van der Waals surface area contributed by atoms with Crippen LogP contribution in [-0.2, 0) is 0 Å². The van der Waals surface area contributed by atoms with E-state index in [9.17, 15) is 4.79 Å². The van der Waals surface area contributed by atoms with Crippen LogP contribution in [0.5, 0.6) is 0 Å². The Morgan fingerprint density at radius 3 is 2.31 bits per heavy atom. The number of anilines is 1. The number of carbonyl (C=O) groups is 1. The Morgan fingerprint density at radius 1 is 1.00 bits per heavy atom. The zero-order valence-corrected chi connectivity index (χ0v) is 18.0. The smallest absolute Gasteiger partial charge is 0.150 e. The highest BCUT2D eigenvalue weighted by atomic mass is 16.1. The molecule has 3 nitrogen and oxygen atoms in total. The largest absolute Gasteiger partial charge is 0.360 e. The number of quaternary nitrogens is 1. The van der Waals surface area contributed by atoms with Crippen molar-refractivity contribution in [3.05, 3.63) is 64.7 Å². The number of aryl methyl sites for hydroxylation is 1. The van der Waals surface area contributed by atoms with Crippen LogP contribution in [0.4, 0.5) is 5.69 Å². The summed E-state index contributed by atoms with van der Waals surface area (Å²) in [5, 5.41) is 0. The second-order valence-electron chi connectivity index (χ2n) is 9.03. The Bertz CT molecular complexity index is 815. The monoisotopic (exact) mass is 391 g/mol. The molecular weight excluding hydrogens is 356 g/mol. The second kappa shape index (κ2) is 9.13. The molecule has 0 radical (unpaired) electrons. The van der Waals surface area contributed by atoms with E-state index < -0.39 is 0 Å². The number of benzene rings is 2. The minimum Gasteiger partial charge on any atom is -0.360 e. The Hall–Kier alpha value is -2.13. The lowest BCUT2D eigenvalue weighted by atomic mass is 9.83. The van der Waals surface area contributed by atoms with Crippen molar-refractivity contribution in [2.24, 2.45) is 0 Å². The first-order valence-electron chi connectivity index (χ1n) is 11.4. The summed E-state index contributed by atoms with van der Waals surface area (Å²) in [4.78, 5) is 15.2. The number of aldehydes is 1. The number of hydrogen-bond donors (Lipinski definition) is 1. The minimum atomic E-state index is 0.539. The third-order valence-electron chi connectivity index (χ3n) is 7.28. The van der Waals surface area contributed by atoms with Crippen LogP contribution < -0.4 is 9.80 Å². The van der Waals surface area contributed by atoms with Gasteiger partial charge in [-0.1, -0.05) is 43.5 Å². The SMILES string of the molecule is Cc1cc(N2CC[NH+]([C@H](C)c3ccc(C4CCCCC4)cc3)CC2)ccc1C=O. The van der Waals surface area contributed by atoms with Gasteiger partial charge in [0.2, 0.25) is 0 Å². The minimum absolute atomic E-state index is 0.539. The lowest BCUT2D eigenvalue weighted by Gasteiger charge is -2.37. The highest BCUT2D eigenvalue weighted by molar-refractivity contribution is 5.78. The molecule has 2 fully saturated rings. The van der Waals surface area contributed by atoms with Gasteiger partial charge in [0.25, 0.3) is 0 Å². The van der Waals surface area contributed by atoms with Crippen molar-refractivity contribution in [2.75, 3.05) is 31.1 Å². The van der Waals surface area contributed by atoms with Crippen molar-refractivity contribution in [2.45, 2.75) is 57.9 Å². The molecule has 0 bridgehead atoms. The van der Waals surface area contributed by atoms with Gasteiger partial charge in [0.15, 0.2) is 0 Å². The van der Waals surface area contributed by atoms with Gasteiger partial charge in [-0.25, -0.2) is 0 Å². The molecule has 4 rings (SSSR count). The van der Waals surface area contributed by atoms with Crippen molar-refractivity contribution in [1.29, 1.82) is 0 Å². The predicted octanol–water partition coefficient (Wildman–Crippen LogP) is 4.32. The molecular formula is C26H35N2O+. The molecule has 2 aromatic carbocycles. The summed E-state index contributed by atoms with van der Waals surface area (Å²) < 4.78 is 0. The highest BCUT2D eigenvalue weighted by Crippen LogP contribution is 2.32. The van der Waals surface area contributed by atoms with Gasteiger partial charge in [0.1, 0.15) is 12.3 Å². The Kier molecular flexibility index (Phi) is 6.34. The number of hydrogen-bond acceptors (Lipinski definition) is 2. The molecule has 0 unspecified atom stereocenters. The summed E-state index contributed by atoms with van der Waals surface area (Å²) in [6, 6.07) is 16.3. The van der Waals surface area contributed by atoms with E-state index in [2.05, 4.69) is 48.2 Å². The maximum absolute atomic E-state index is 11.1. The molecule has 1 atom stereocenters. The van der Waals surface area contributed by atoms with Gasteiger partial charge in [0.05, 0.1) is 26.2 Å². The first kappa shape index (κ1) is 20.2. The van der Waals surface area contributed by atoms with Gasteiger partial charge >= 0.3 is 0 Å². The molecule has 1 saturated heterocycles. The van der Waals surface area contributed by atoms with Crippen molar-refractivity contribution < 1.29 is 9.69 Å². The van der Waals surface area contributed by atoms with E-state index in [1.54, 1.807) is 10.5 Å². The summed E-state index contributed by atoms with van der Waals surface area (Å²) in [7, 11) is 0. The van der Waals surface area contributed by atoms with Gasteiger partial charge in [-0.15, -0.1) is 0 Å². The molecule has 3 heteroatoms. The second-order valence-corrected chi connectivity index (χ2v) is 9.03. The average molecular weight is 392 g/mol. The van der Waals surface area contributed by atoms with Crippen molar-refractivity contribution in [3.8, 4) is 0 Å². The van der Waals surface area contributed by atoms with Crippen LogP contribution in [0.15, 0.2) is 42.5 Å². The number of nitrogens with zero attached hydrogens (tertiary/aromatic N) is 1. The van der Waals surface area contributed by atoms with Crippen molar-refractivity contribution >= 4 is 12.0 Å². The van der Waals surface area contributed by atoms with E-state index in [0.29, 0.717) is 6.04 Å². The van der Waals surface area contributed by atoms with Crippen LogP contribution in [0.1, 0.15) is 78.0 Å². The topological polar surface area (TPSA) is 24.8 Å². The fourth-order valence-electron chi connectivity index (χ4n) is 5.20. The molecule has 154 valence electrons. The van der Waals surface area contributed by atoms with Crippen molar-refractivity contribution in [3.63, 3.8) is 0 Å². The van der Waals surface area contributed by atoms with E-state index in [-0.39, 0.29) is 0 Å². The average Bonchev–Trinajstić information content (AvgIpc) is 2.79. The van der Waals surface area contributed by atoms with Crippen molar-refractivity contribution in [1.82, 2.24) is 0 Å². The zero-order valence-electron chi connectivity index (χ0n) is 18.0. The first-order valence-corrected chi connectivity index (χ1v) is 11.4. The van der Waals surface area contributed by atoms with Crippen LogP contribution >= 0.6 is 0 Å². The molecule has 1 saturated carbocycles. The number of carbonyl (C=O) groups excluding carboxylic acids is 1. The molecule has 2 aromatic rings. The fraction of sp³-hybridized carbons (Fsp3) is 0.500. The summed E-state index contributed by atoms with van der Waals surface area (Å²) in [5.41, 5.74) is 6.13. The molecule has 1 aliphatic heterocycles. The Morgan fingerprint density at radius 2 is 1.69 bits per heavy atom. The molecule has 29 heavy (non-hydrogen) atoms. The van der Waals surface area contributed by atoms with Gasteiger partial charge in [-0.3, -0.25) is 4.79 Å². The van der Waals surface area contributed by atoms with Gasteiger partial charge in [-0.2, -0.15) is 0 Å². The Labute approximate surface area is 175 Å². The standard InChI is InChI=1S/C26H34N2O/c1-20-18-26(13-12-25(20)19-29)28-16-14-27(15-17-28)21(2)22-8-10-24(11-9-22)23-6-4-3-5-7-23/h8-13,18-19,21,23H,3-7,14-17H2,1-2H3/p+1/t21-/m1/s1.